The van der Waals surface area contributed by atoms with E-state index in [1.807, 2.05) is 0 Å². The second-order valence-corrected chi connectivity index (χ2v) is 7.43. The van der Waals surface area contributed by atoms with Gasteiger partial charge in [0.15, 0.2) is 9.95 Å². The summed E-state index contributed by atoms with van der Waals surface area (Å²) in [7, 11) is -4.04. The molecule has 2 N–H and O–H groups in total. The highest BCUT2D eigenvalue weighted by molar-refractivity contribution is 7.58. The van der Waals surface area contributed by atoms with Gasteiger partial charge in [-0.3, -0.25) is 0 Å². The molecule has 0 aliphatic rings. The molecule has 1 aromatic rings. The number of diazo groups is 2. The minimum Gasteiger partial charge on any atom is -0.475 e. The van der Waals surface area contributed by atoms with E-state index in [2.05, 4.69) is 9.95 Å². The zero-order valence-electron chi connectivity index (χ0n) is 17.2. The van der Waals surface area contributed by atoms with E-state index in [4.69, 9.17) is 34.0 Å². The zero-order valence-corrected chi connectivity index (χ0v) is 18.1. The molecule has 0 atom stereocenters. The Kier molecular flexibility index (Phi) is 11.7. The molecule has 13 heteroatoms. The second kappa shape index (κ2) is 14.0. The first-order chi connectivity index (χ1) is 14.9. The van der Waals surface area contributed by atoms with Gasteiger partial charge in [0.25, 0.3) is 0 Å². The zero-order chi connectivity index (χ0) is 23.1. The predicted molar refractivity (Wildman–Crippen MR) is 109 cm³/mol. The van der Waals surface area contributed by atoms with Crippen LogP contribution in [-0.2, 0) is 27.8 Å². The molecule has 0 aromatic heterocycles. The molecule has 0 bridgehead atoms. The molecule has 168 valence electrons. The quantitative estimate of drug-likeness (QED) is 0.175. The number of aliphatic hydroxyl groups excluding tert-OH is 2. The topological polar surface area (TPSA) is 160 Å². The van der Waals surface area contributed by atoms with Gasteiger partial charge in [-0.25, -0.2) is 4.57 Å². The number of nitrogens with zero attached hydrogens (tertiary/aromatic N) is 4. The number of benzene rings is 1. The van der Waals surface area contributed by atoms with E-state index in [1.165, 1.54) is 0 Å². The number of hydrogen-bond donors (Lipinski definition) is 2. The first-order valence-electron chi connectivity index (χ1n) is 9.28. The predicted octanol–water partition coefficient (Wildman–Crippen LogP) is 4.58. The molecule has 12 nitrogen and oxygen atoms in total. The summed E-state index contributed by atoms with van der Waals surface area (Å²) in [4.78, 5) is 5.78. The van der Waals surface area contributed by atoms with Crippen molar-refractivity contribution >= 4 is 13.3 Å². The number of aliphatic hydroxyl groups is 2. The van der Waals surface area contributed by atoms with Crippen molar-refractivity contribution < 1.29 is 38.0 Å². The lowest BCUT2D eigenvalue weighted by molar-refractivity contribution is 0.00532. The van der Waals surface area contributed by atoms with Crippen LogP contribution in [0, 0.1) is 10.8 Å². The highest BCUT2D eigenvalue weighted by Crippen LogP contribution is 2.57. The Labute approximate surface area is 179 Å². The normalized spacial score (nSPS) is 12.8. The third-order valence-electron chi connectivity index (χ3n) is 3.43. The van der Waals surface area contributed by atoms with Gasteiger partial charge in [-0.1, -0.05) is 18.2 Å². The van der Waals surface area contributed by atoms with Crippen LogP contribution < -0.4 is 0 Å². The summed E-state index contributed by atoms with van der Waals surface area (Å²) in [6, 6.07) is 8.44. The van der Waals surface area contributed by atoms with E-state index >= 15 is 0 Å². The van der Waals surface area contributed by atoms with E-state index in [-0.39, 0.29) is 45.3 Å². The fourth-order valence-electron chi connectivity index (χ4n) is 2.16. The van der Waals surface area contributed by atoms with Crippen molar-refractivity contribution in [3.63, 3.8) is 0 Å². The first kappa shape index (κ1) is 25.9. The van der Waals surface area contributed by atoms with E-state index < -0.39 is 24.9 Å². The van der Waals surface area contributed by atoms with Gasteiger partial charge < -0.3 is 33.5 Å². The monoisotopic (exact) mass is 456 g/mol. The maximum Gasteiger partial charge on any atom is 0.548 e. The molecule has 0 heterocycles. The van der Waals surface area contributed by atoms with Gasteiger partial charge in [-0.05, 0) is 26.0 Å². The summed E-state index contributed by atoms with van der Waals surface area (Å²) in [5.41, 5.74) is -0.427. The van der Waals surface area contributed by atoms with Crippen molar-refractivity contribution in [2.24, 2.45) is 0 Å². The molecule has 1 rings (SSSR count). The minimum absolute atomic E-state index is 0.0104. The van der Waals surface area contributed by atoms with Crippen LogP contribution in [0.4, 0.5) is 0 Å². The maximum absolute atomic E-state index is 12.5. The third-order valence-corrected chi connectivity index (χ3v) is 5.42. The molecule has 31 heavy (non-hydrogen) atoms. The van der Waals surface area contributed by atoms with Gasteiger partial charge in [-0.15, -0.1) is 0 Å². The summed E-state index contributed by atoms with van der Waals surface area (Å²) in [6.45, 7) is 2.83. The van der Waals surface area contributed by atoms with Gasteiger partial charge >= 0.3 is 30.6 Å². The summed E-state index contributed by atoms with van der Waals surface area (Å²) >= 11 is 0. The molecular formula is C18H25N4O8P+2. The summed E-state index contributed by atoms with van der Waals surface area (Å²) < 4.78 is 37.7. The van der Waals surface area contributed by atoms with Crippen LogP contribution in [0.5, 0.6) is 0 Å². The van der Waals surface area contributed by atoms with Crippen molar-refractivity contribution in [3.8, 4) is 0 Å². The van der Waals surface area contributed by atoms with Crippen molar-refractivity contribution in [1.82, 2.24) is 0 Å². The van der Waals surface area contributed by atoms with Gasteiger partial charge in [0.1, 0.15) is 13.2 Å². The van der Waals surface area contributed by atoms with Crippen molar-refractivity contribution in [2.45, 2.75) is 13.8 Å². The largest absolute Gasteiger partial charge is 0.548 e. The number of ether oxygens (including phenoxy) is 3. The molecule has 0 unspecified atom stereocenters. The summed E-state index contributed by atoms with van der Waals surface area (Å²) in [5, 5.41) is 37.9. The highest BCUT2D eigenvalue weighted by Gasteiger charge is 2.47. The molecule has 0 aliphatic heterocycles. The lowest BCUT2D eigenvalue weighted by Crippen LogP contribution is -2.10. The average Bonchev–Trinajstić information content (AvgIpc) is 2.75. The Morgan fingerprint density at radius 1 is 0.903 bits per heavy atom. The van der Waals surface area contributed by atoms with Gasteiger partial charge in [-0.2, -0.15) is 0 Å². The Balaban J connectivity index is 2.49. The molecule has 0 fully saturated rings. The fourth-order valence-corrected chi connectivity index (χ4v) is 3.57. The lowest BCUT2D eigenvalue weighted by atomic mass is 10.2. The Hall–Kier alpha value is -3.15. The maximum atomic E-state index is 12.5. The minimum atomic E-state index is -4.04. The van der Waals surface area contributed by atoms with Crippen LogP contribution in [0.25, 0.3) is 15.6 Å². The molecule has 0 amide bonds. The first-order valence-corrected chi connectivity index (χ1v) is 10.8. The Morgan fingerprint density at radius 3 is 1.94 bits per heavy atom. The molecule has 1 aromatic carbocycles. The third kappa shape index (κ3) is 8.24. The van der Waals surface area contributed by atoms with E-state index in [1.54, 1.807) is 44.2 Å². The number of rotatable bonds is 14. The molecule has 0 radical (unpaired) electrons. The van der Waals surface area contributed by atoms with Crippen molar-refractivity contribution in [1.29, 1.82) is 10.8 Å². The summed E-state index contributed by atoms with van der Waals surface area (Å²) in [5.74, 6) is -1.50. The van der Waals surface area contributed by atoms with Crippen LogP contribution in [-0.4, -0.2) is 49.9 Å². The molecule has 0 spiro atoms. The van der Waals surface area contributed by atoms with Gasteiger partial charge in [0, 0.05) is 0 Å². The Morgan fingerprint density at radius 2 is 1.45 bits per heavy atom. The van der Waals surface area contributed by atoms with Crippen LogP contribution in [0.1, 0.15) is 19.4 Å². The highest BCUT2D eigenvalue weighted by atomic mass is 31.2. The van der Waals surface area contributed by atoms with Crippen LogP contribution in [0.15, 0.2) is 47.7 Å². The average molecular weight is 456 g/mol. The van der Waals surface area contributed by atoms with E-state index in [9.17, 15) is 14.8 Å². The second-order valence-electron chi connectivity index (χ2n) is 5.49. The van der Waals surface area contributed by atoms with Crippen LogP contribution in [0.3, 0.4) is 0 Å². The van der Waals surface area contributed by atoms with Gasteiger partial charge in [0.2, 0.25) is 10.8 Å². The van der Waals surface area contributed by atoms with Gasteiger partial charge in [0.05, 0.1) is 32.0 Å². The fraction of sp³-hybridized carbons (Fsp3) is 0.444. The van der Waals surface area contributed by atoms with E-state index in [0.717, 1.165) is 0 Å². The van der Waals surface area contributed by atoms with E-state index in [0.29, 0.717) is 5.56 Å². The Bertz CT molecular complexity index is 882. The summed E-state index contributed by atoms with van der Waals surface area (Å²) in [6.07, 6.45) is 0. The SMILES string of the molecule is CCOP(=O)(OCC)C([N+]#N)=C(O)OCCOCCOC(O)=C([N+]#N)c1ccccc1. The molecule has 0 saturated carbocycles. The number of hydrogen-bond acceptors (Lipinski definition) is 10. The van der Waals surface area contributed by atoms with Crippen molar-refractivity contribution in [3.05, 3.63) is 63.2 Å². The smallest absolute Gasteiger partial charge is 0.475 e. The standard InChI is InChI=1S/C18H23N4O8P/c1-3-29-31(25,30-4-2)16(22-20)18(24)28-13-11-26-10-12-27-17(23)15(21-19)14-8-6-5-7-9-14/h5-9H,3-4,10-13H2,1-2H3/p+2. The molecule has 0 aliphatic carbocycles. The van der Waals surface area contributed by atoms with Crippen LogP contribution >= 0.6 is 7.60 Å². The van der Waals surface area contributed by atoms with Crippen LogP contribution in [0.2, 0.25) is 0 Å². The molecular weight excluding hydrogens is 431 g/mol. The molecule has 0 saturated heterocycles. The lowest BCUT2D eigenvalue weighted by Gasteiger charge is -2.10. The van der Waals surface area contributed by atoms with Crippen molar-refractivity contribution in [2.75, 3.05) is 39.6 Å².